The number of carbonyl (C=O) groups is 1. The highest BCUT2D eigenvalue weighted by Gasteiger charge is 2.17. The Balaban J connectivity index is 1.71. The van der Waals surface area contributed by atoms with Gasteiger partial charge in [0.1, 0.15) is 11.6 Å². The average Bonchev–Trinajstić information content (AvgIpc) is 3.01. The van der Waals surface area contributed by atoms with Crippen molar-refractivity contribution in [1.82, 2.24) is 4.42 Å². The van der Waals surface area contributed by atoms with E-state index in [-0.39, 0.29) is 6.03 Å². The second-order valence-electron chi connectivity index (χ2n) is 5.15. The fourth-order valence-corrected chi connectivity index (χ4v) is 2.65. The van der Waals surface area contributed by atoms with Crippen LogP contribution < -0.4 is 15.4 Å². The summed E-state index contributed by atoms with van der Waals surface area (Å²) in [6, 6.07) is 14.3. The Labute approximate surface area is 145 Å². The number of amidine groups is 1. The van der Waals surface area contributed by atoms with Crippen LogP contribution in [0.25, 0.3) is 0 Å². The van der Waals surface area contributed by atoms with E-state index in [1.54, 1.807) is 29.7 Å². The number of amides is 2. The zero-order valence-corrected chi connectivity index (χ0v) is 13.9. The maximum absolute atomic E-state index is 12.2. The van der Waals surface area contributed by atoms with Crippen molar-refractivity contribution in [3.8, 4) is 5.75 Å². The van der Waals surface area contributed by atoms with E-state index >= 15 is 0 Å². The number of benzene rings is 2. The lowest BCUT2D eigenvalue weighted by molar-refractivity contribution is 0.262. The molecule has 0 spiro atoms. The van der Waals surface area contributed by atoms with Crippen molar-refractivity contribution in [1.29, 1.82) is 0 Å². The summed E-state index contributed by atoms with van der Waals surface area (Å²) in [4.78, 5) is 16.6. The van der Waals surface area contributed by atoms with Crippen LogP contribution in [0.15, 0.2) is 53.5 Å². The first-order chi connectivity index (χ1) is 11.7. The van der Waals surface area contributed by atoms with E-state index in [1.165, 1.54) is 0 Å². The van der Waals surface area contributed by atoms with Crippen molar-refractivity contribution in [2.45, 2.75) is 0 Å². The summed E-state index contributed by atoms with van der Waals surface area (Å²) in [7, 11) is 1.56. The molecule has 1 heterocycles. The summed E-state index contributed by atoms with van der Waals surface area (Å²) in [6.45, 7) is 1.35. The van der Waals surface area contributed by atoms with Gasteiger partial charge in [0.2, 0.25) is 0 Å². The Morgan fingerprint density at radius 3 is 2.79 bits per heavy atom. The van der Waals surface area contributed by atoms with Crippen molar-refractivity contribution in [3.05, 3.63) is 54.1 Å². The van der Waals surface area contributed by atoms with Gasteiger partial charge >= 0.3 is 6.03 Å². The molecule has 7 heteroatoms. The Kier molecular flexibility index (Phi) is 4.86. The standard InChI is InChI=1S/C17H17ClN4O2/c1-24-15-8-3-2-7-14(15)21-17(23)20-13-6-4-5-12(11-13)16-19-9-10-22(16)18/h2-8,11H,9-10H2,1H3,(H2,20,21,23). The van der Waals surface area contributed by atoms with Crippen LogP contribution in [0.4, 0.5) is 16.2 Å². The van der Waals surface area contributed by atoms with Gasteiger partial charge in [0.15, 0.2) is 0 Å². The van der Waals surface area contributed by atoms with Gasteiger partial charge in [0.05, 0.1) is 25.9 Å². The molecule has 0 atom stereocenters. The highest BCUT2D eigenvalue weighted by molar-refractivity contribution is 6.26. The number of anilines is 2. The zero-order chi connectivity index (χ0) is 16.9. The Morgan fingerprint density at radius 1 is 1.21 bits per heavy atom. The number of urea groups is 1. The molecular weight excluding hydrogens is 328 g/mol. The second kappa shape index (κ2) is 7.23. The van der Waals surface area contributed by atoms with Crippen LogP contribution in [-0.4, -0.2) is 36.5 Å². The van der Waals surface area contributed by atoms with Gasteiger partial charge in [0.25, 0.3) is 0 Å². The van der Waals surface area contributed by atoms with E-state index in [0.717, 1.165) is 5.56 Å². The zero-order valence-electron chi connectivity index (χ0n) is 13.1. The second-order valence-corrected chi connectivity index (χ2v) is 5.56. The molecule has 1 aliphatic heterocycles. The molecule has 1 aliphatic rings. The quantitative estimate of drug-likeness (QED) is 0.833. The third kappa shape index (κ3) is 3.60. The molecule has 2 N–H and O–H groups in total. The molecule has 0 saturated heterocycles. The molecule has 0 aromatic heterocycles. The van der Waals surface area contributed by atoms with Gasteiger partial charge in [0, 0.05) is 23.0 Å². The normalized spacial score (nSPS) is 13.4. The number of ether oxygens (including phenoxy) is 1. The average molecular weight is 345 g/mol. The third-order valence-electron chi connectivity index (χ3n) is 3.52. The van der Waals surface area contributed by atoms with E-state index in [2.05, 4.69) is 15.6 Å². The number of carbonyl (C=O) groups excluding carboxylic acids is 1. The van der Waals surface area contributed by atoms with E-state index in [9.17, 15) is 4.79 Å². The molecule has 6 nitrogen and oxygen atoms in total. The summed E-state index contributed by atoms with van der Waals surface area (Å²) in [6.07, 6.45) is 0. The molecule has 0 fully saturated rings. The molecule has 2 aromatic carbocycles. The third-order valence-corrected chi connectivity index (χ3v) is 3.85. The van der Waals surface area contributed by atoms with Crippen molar-refractivity contribution in [2.75, 3.05) is 30.8 Å². The van der Waals surface area contributed by atoms with E-state index in [4.69, 9.17) is 16.5 Å². The first-order valence-electron chi connectivity index (χ1n) is 7.46. The van der Waals surface area contributed by atoms with Crippen LogP contribution in [0, 0.1) is 0 Å². The van der Waals surface area contributed by atoms with Crippen molar-refractivity contribution >= 4 is 35.0 Å². The molecule has 0 unspecified atom stereocenters. The van der Waals surface area contributed by atoms with E-state index in [1.807, 2.05) is 30.3 Å². The lowest BCUT2D eigenvalue weighted by Crippen LogP contribution is -2.21. The molecule has 0 bridgehead atoms. The molecule has 2 amide bonds. The Hall–Kier alpha value is -2.73. The van der Waals surface area contributed by atoms with Crippen LogP contribution in [0.2, 0.25) is 0 Å². The number of nitrogens with zero attached hydrogens (tertiary/aromatic N) is 2. The summed E-state index contributed by atoms with van der Waals surface area (Å²) < 4.78 is 6.79. The number of aliphatic imine (C=N–C) groups is 1. The lowest BCUT2D eigenvalue weighted by Gasteiger charge is -2.13. The summed E-state index contributed by atoms with van der Waals surface area (Å²) in [5.74, 6) is 1.31. The minimum absolute atomic E-state index is 0.354. The van der Waals surface area contributed by atoms with E-state index < -0.39 is 0 Å². The van der Waals surface area contributed by atoms with Crippen molar-refractivity contribution in [2.24, 2.45) is 4.99 Å². The summed E-state index contributed by atoms with van der Waals surface area (Å²) in [5.41, 5.74) is 2.11. The highest BCUT2D eigenvalue weighted by Crippen LogP contribution is 2.23. The predicted octanol–water partition coefficient (Wildman–Crippen LogP) is 3.56. The maximum atomic E-state index is 12.2. The lowest BCUT2D eigenvalue weighted by atomic mass is 10.2. The number of para-hydroxylation sites is 2. The van der Waals surface area contributed by atoms with Gasteiger partial charge in [-0.2, -0.15) is 0 Å². The topological polar surface area (TPSA) is 66.0 Å². The number of hydrogen-bond acceptors (Lipinski definition) is 4. The van der Waals surface area contributed by atoms with Crippen LogP contribution in [0.1, 0.15) is 5.56 Å². The number of hydrogen-bond donors (Lipinski definition) is 2. The van der Waals surface area contributed by atoms with Gasteiger partial charge in [-0.3, -0.25) is 9.41 Å². The minimum Gasteiger partial charge on any atom is -0.495 e. The monoisotopic (exact) mass is 344 g/mol. The molecule has 0 radical (unpaired) electrons. The molecule has 0 saturated carbocycles. The van der Waals surface area contributed by atoms with Crippen LogP contribution >= 0.6 is 11.8 Å². The van der Waals surface area contributed by atoms with Gasteiger partial charge in [-0.1, -0.05) is 24.3 Å². The Bertz CT molecular complexity index is 779. The van der Waals surface area contributed by atoms with Gasteiger partial charge in [-0.15, -0.1) is 0 Å². The molecule has 24 heavy (non-hydrogen) atoms. The molecule has 0 aliphatic carbocycles. The Morgan fingerprint density at radius 2 is 2.04 bits per heavy atom. The van der Waals surface area contributed by atoms with Crippen LogP contribution in [0.5, 0.6) is 5.75 Å². The van der Waals surface area contributed by atoms with Gasteiger partial charge in [-0.05, 0) is 24.3 Å². The number of rotatable bonds is 4. The molecule has 124 valence electrons. The van der Waals surface area contributed by atoms with Crippen LogP contribution in [-0.2, 0) is 0 Å². The predicted molar refractivity (Wildman–Crippen MR) is 96.0 cm³/mol. The number of methoxy groups -OCH3 is 1. The highest BCUT2D eigenvalue weighted by atomic mass is 35.5. The van der Waals surface area contributed by atoms with E-state index in [0.29, 0.717) is 36.0 Å². The smallest absolute Gasteiger partial charge is 0.323 e. The van der Waals surface area contributed by atoms with Crippen molar-refractivity contribution < 1.29 is 9.53 Å². The first kappa shape index (κ1) is 16.1. The fourth-order valence-electron chi connectivity index (χ4n) is 2.43. The number of nitrogens with one attached hydrogen (secondary N) is 2. The summed E-state index contributed by atoms with van der Waals surface area (Å²) >= 11 is 6.10. The van der Waals surface area contributed by atoms with Gasteiger partial charge < -0.3 is 15.4 Å². The number of halogens is 1. The minimum atomic E-state index is -0.354. The molecular formula is C17H17ClN4O2. The molecule has 3 rings (SSSR count). The van der Waals surface area contributed by atoms with Crippen LogP contribution in [0.3, 0.4) is 0 Å². The van der Waals surface area contributed by atoms with Gasteiger partial charge in [-0.25, -0.2) is 4.79 Å². The fraction of sp³-hybridized carbons (Fsp3) is 0.176. The largest absolute Gasteiger partial charge is 0.495 e. The summed E-state index contributed by atoms with van der Waals surface area (Å²) in [5, 5.41) is 5.56. The molecule has 2 aromatic rings. The maximum Gasteiger partial charge on any atom is 0.323 e. The SMILES string of the molecule is COc1ccccc1NC(=O)Nc1cccc(C2=NCCN2Cl)c1. The van der Waals surface area contributed by atoms with Crippen molar-refractivity contribution in [3.63, 3.8) is 0 Å². The first-order valence-corrected chi connectivity index (χ1v) is 7.80.